The third-order valence-corrected chi connectivity index (χ3v) is 1.98. The zero-order chi connectivity index (χ0) is 11.7. The number of rotatable bonds is 7. The van der Waals surface area contributed by atoms with Crippen molar-refractivity contribution in [1.82, 2.24) is 10.2 Å². The van der Waals surface area contributed by atoms with E-state index in [1.165, 1.54) is 6.92 Å². The highest BCUT2D eigenvalue weighted by Gasteiger charge is 2.08. The SMILES string of the molecule is C=CCN(CCC(=O)NCCC)C(C)=O. The zero-order valence-electron chi connectivity index (χ0n) is 9.58. The number of amides is 2. The van der Waals surface area contributed by atoms with Crippen LogP contribution in [0.1, 0.15) is 26.7 Å². The topological polar surface area (TPSA) is 49.4 Å². The Kier molecular flexibility index (Phi) is 7.32. The Morgan fingerprint density at radius 1 is 1.47 bits per heavy atom. The van der Waals surface area contributed by atoms with Gasteiger partial charge in [0, 0.05) is 33.0 Å². The van der Waals surface area contributed by atoms with Crippen LogP contribution in [0, 0.1) is 0 Å². The Hall–Kier alpha value is -1.32. The number of carbonyl (C=O) groups excluding carboxylic acids is 2. The molecule has 0 aromatic heterocycles. The minimum absolute atomic E-state index is 0.00726. The Morgan fingerprint density at radius 2 is 2.13 bits per heavy atom. The molecule has 0 bridgehead atoms. The second-order valence-corrected chi connectivity index (χ2v) is 3.35. The molecular weight excluding hydrogens is 192 g/mol. The van der Waals surface area contributed by atoms with E-state index in [0.717, 1.165) is 6.42 Å². The number of carbonyl (C=O) groups is 2. The molecule has 4 nitrogen and oxygen atoms in total. The number of hydrogen-bond donors (Lipinski definition) is 1. The number of nitrogens with one attached hydrogen (secondary N) is 1. The molecule has 0 rings (SSSR count). The van der Waals surface area contributed by atoms with E-state index in [-0.39, 0.29) is 11.8 Å². The Bertz CT molecular complexity index is 227. The van der Waals surface area contributed by atoms with Gasteiger partial charge in [0.25, 0.3) is 0 Å². The van der Waals surface area contributed by atoms with Gasteiger partial charge in [-0.3, -0.25) is 9.59 Å². The second-order valence-electron chi connectivity index (χ2n) is 3.35. The van der Waals surface area contributed by atoms with Crippen molar-refractivity contribution in [2.24, 2.45) is 0 Å². The molecule has 0 radical (unpaired) electrons. The van der Waals surface area contributed by atoms with E-state index in [1.807, 2.05) is 6.92 Å². The van der Waals surface area contributed by atoms with E-state index >= 15 is 0 Å². The van der Waals surface area contributed by atoms with Gasteiger partial charge in [0.2, 0.25) is 11.8 Å². The van der Waals surface area contributed by atoms with E-state index in [4.69, 9.17) is 0 Å². The van der Waals surface area contributed by atoms with E-state index in [9.17, 15) is 9.59 Å². The van der Waals surface area contributed by atoms with Gasteiger partial charge >= 0.3 is 0 Å². The first-order valence-corrected chi connectivity index (χ1v) is 5.25. The van der Waals surface area contributed by atoms with Crippen molar-refractivity contribution >= 4 is 11.8 Å². The molecule has 0 aromatic rings. The summed E-state index contributed by atoms with van der Waals surface area (Å²) in [5.74, 6) is -0.0367. The van der Waals surface area contributed by atoms with Crippen molar-refractivity contribution in [3.63, 3.8) is 0 Å². The van der Waals surface area contributed by atoms with Crippen LogP contribution in [-0.2, 0) is 9.59 Å². The third kappa shape index (κ3) is 6.71. The van der Waals surface area contributed by atoms with Gasteiger partial charge in [0.05, 0.1) is 0 Å². The third-order valence-electron chi connectivity index (χ3n) is 1.98. The zero-order valence-corrected chi connectivity index (χ0v) is 9.58. The molecule has 0 saturated carbocycles. The molecule has 0 spiro atoms. The summed E-state index contributed by atoms with van der Waals surface area (Å²) in [5, 5.41) is 2.77. The summed E-state index contributed by atoms with van der Waals surface area (Å²) in [6.45, 7) is 8.70. The first-order chi connectivity index (χ1) is 7.11. The van der Waals surface area contributed by atoms with Crippen LogP contribution in [0.2, 0.25) is 0 Å². The van der Waals surface area contributed by atoms with E-state index in [1.54, 1.807) is 11.0 Å². The molecular formula is C11H20N2O2. The molecule has 15 heavy (non-hydrogen) atoms. The van der Waals surface area contributed by atoms with Crippen molar-refractivity contribution in [1.29, 1.82) is 0 Å². The van der Waals surface area contributed by atoms with Gasteiger partial charge in [-0.15, -0.1) is 6.58 Å². The first kappa shape index (κ1) is 13.7. The van der Waals surface area contributed by atoms with Crippen molar-refractivity contribution in [2.75, 3.05) is 19.6 Å². The van der Waals surface area contributed by atoms with Crippen LogP contribution in [0.3, 0.4) is 0 Å². The fourth-order valence-electron chi connectivity index (χ4n) is 1.12. The number of nitrogens with zero attached hydrogens (tertiary/aromatic N) is 1. The molecule has 0 fully saturated rings. The summed E-state index contributed by atoms with van der Waals surface area (Å²) in [5.41, 5.74) is 0. The fourth-order valence-corrected chi connectivity index (χ4v) is 1.12. The highest BCUT2D eigenvalue weighted by atomic mass is 16.2. The molecule has 0 atom stereocenters. The lowest BCUT2D eigenvalue weighted by molar-refractivity contribution is -0.129. The highest BCUT2D eigenvalue weighted by Crippen LogP contribution is 1.93. The lowest BCUT2D eigenvalue weighted by Crippen LogP contribution is -2.34. The predicted molar refractivity (Wildman–Crippen MR) is 60.4 cm³/mol. The van der Waals surface area contributed by atoms with Crippen LogP contribution >= 0.6 is 0 Å². The summed E-state index contributed by atoms with van der Waals surface area (Å²) in [6, 6.07) is 0. The molecule has 4 heteroatoms. The highest BCUT2D eigenvalue weighted by molar-refractivity contribution is 5.78. The maximum atomic E-state index is 11.3. The predicted octanol–water partition coefficient (Wildman–Crippen LogP) is 0.937. The molecule has 1 N–H and O–H groups in total. The maximum absolute atomic E-state index is 11.3. The largest absolute Gasteiger partial charge is 0.356 e. The summed E-state index contributed by atoms with van der Waals surface area (Å²) in [7, 11) is 0. The lowest BCUT2D eigenvalue weighted by Gasteiger charge is -2.18. The number of hydrogen-bond acceptors (Lipinski definition) is 2. The van der Waals surface area contributed by atoms with Crippen molar-refractivity contribution in [3.05, 3.63) is 12.7 Å². The molecule has 0 unspecified atom stereocenters. The minimum Gasteiger partial charge on any atom is -0.356 e. The molecule has 0 aromatic carbocycles. The monoisotopic (exact) mass is 212 g/mol. The molecule has 86 valence electrons. The van der Waals surface area contributed by atoms with Gasteiger partial charge < -0.3 is 10.2 Å². The summed E-state index contributed by atoms with van der Waals surface area (Å²) >= 11 is 0. The fraction of sp³-hybridized carbons (Fsp3) is 0.636. The Balaban J connectivity index is 3.83. The average molecular weight is 212 g/mol. The average Bonchev–Trinajstić information content (AvgIpc) is 2.20. The van der Waals surface area contributed by atoms with Crippen LogP contribution in [0.4, 0.5) is 0 Å². The first-order valence-electron chi connectivity index (χ1n) is 5.25. The lowest BCUT2D eigenvalue weighted by atomic mass is 10.3. The molecule has 0 saturated heterocycles. The molecule has 0 heterocycles. The molecule has 2 amide bonds. The Morgan fingerprint density at radius 3 is 2.60 bits per heavy atom. The molecule has 0 aliphatic carbocycles. The quantitative estimate of drug-likeness (QED) is 0.638. The van der Waals surface area contributed by atoms with Crippen molar-refractivity contribution in [2.45, 2.75) is 26.7 Å². The van der Waals surface area contributed by atoms with Gasteiger partial charge in [-0.25, -0.2) is 0 Å². The van der Waals surface area contributed by atoms with Gasteiger partial charge in [-0.05, 0) is 6.42 Å². The maximum Gasteiger partial charge on any atom is 0.221 e. The van der Waals surface area contributed by atoms with Crippen molar-refractivity contribution < 1.29 is 9.59 Å². The molecule has 0 aliphatic rings. The second kappa shape index (κ2) is 8.03. The van der Waals surface area contributed by atoms with E-state index in [2.05, 4.69) is 11.9 Å². The summed E-state index contributed by atoms with van der Waals surface area (Å²) < 4.78 is 0. The van der Waals surface area contributed by atoms with Gasteiger partial charge in [0.15, 0.2) is 0 Å². The smallest absolute Gasteiger partial charge is 0.221 e. The van der Waals surface area contributed by atoms with Crippen molar-refractivity contribution in [3.8, 4) is 0 Å². The van der Waals surface area contributed by atoms with Gasteiger partial charge in [-0.1, -0.05) is 13.0 Å². The van der Waals surface area contributed by atoms with Crippen LogP contribution in [0.25, 0.3) is 0 Å². The van der Waals surface area contributed by atoms with Gasteiger partial charge in [-0.2, -0.15) is 0 Å². The van der Waals surface area contributed by atoms with Gasteiger partial charge in [0.1, 0.15) is 0 Å². The van der Waals surface area contributed by atoms with Crippen LogP contribution in [0.5, 0.6) is 0 Å². The molecule has 0 aliphatic heterocycles. The minimum atomic E-state index is -0.0295. The van der Waals surface area contributed by atoms with Crippen LogP contribution in [-0.4, -0.2) is 36.3 Å². The normalized spacial score (nSPS) is 9.47. The van der Waals surface area contributed by atoms with Crippen LogP contribution in [0.15, 0.2) is 12.7 Å². The Labute approximate surface area is 91.3 Å². The van der Waals surface area contributed by atoms with E-state index < -0.39 is 0 Å². The van der Waals surface area contributed by atoms with Crippen LogP contribution < -0.4 is 5.32 Å². The van der Waals surface area contributed by atoms with E-state index in [0.29, 0.717) is 26.1 Å². The summed E-state index contributed by atoms with van der Waals surface area (Å²) in [4.78, 5) is 24.0. The standard InChI is InChI=1S/C11H20N2O2/c1-4-7-12-11(15)6-9-13(8-5-2)10(3)14/h5H,2,4,6-9H2,1,3H3,(H,12,15). The summed E-state index contributed by atoms with van der Waals surface area (Å²) in [6.07, 6.45) is 2.94.